The molecule has 2 aromatic heterocycles. The molecule has 1 aliphatic rings. The Hall–Kier alpha value is -1.73. The molecule has 6 nitrogen and oxygen atoms in total. The van der Waals surface area contributed by atoms with Gasteiger partial charge in [-0.15, -0.1) is 0 Å². The number of aromatic amines is 1. The molecule has 3 N–H and O–H groups in total. The minimum Gasteiger partial charge on any atom is -0.347 e. The molecule has 0 spiro atoms. The molecule has 1 unspecified atom stereocenters. The van der Waals surface area contributed by atoms with Crippen molar-refractivity contribution in [2.75, 3.05) is 5.32 Å². The first-order valence-electron chi connectivity index (χ1n) is 6.31. The van der Waals surface area contributed by atoms with E-state index < -0.39 is 0 Å². The van der Waals surface area contributed by atoms with Gasteiger partial charge in [-0.05, 0) is 34.5 Å². The highest BCUT2D eigenvalue weighted by Crippen LogP contribution is 2.18. The maximum absolute atomic E-state index is 12.3. The number of carbonyl (C=O) groups is 1. The first-order chi connectivity index (χ1) is 9.63. The van der Waals surface area contributed by atoms with Gasteiger partial charge < -0.3 is 10.3 Å². The van der Waals surface area contributed by atoms with Crippen molar-refractivity contribution in [1.82, 2.24) is 20.3 Å². The molecule has 3 heterocycles. The van der Waals surface area contributed by atoms with E-state index in [1.54, 1.807) is 12.5 Å². The maximum atomic E-state index is 12.3. The third-order valence-electron chi connectivity index (χ3n) is 3.33. The number of carbonyl (C=O) groups excluding carboxylic acids is 1. The second-order valence-corrected chi connectivity index (χ2v) is 5.69. The third-order valence-corrected chi connectivity index (χ3v) is 3.77. The molecule has 0 aliphatic carbocycles. The van der Waals surface area contributed by atoms with Gasteiger partial charge in [-0.3, -0.25) is 10.1 Å². The van der Waals surface area contributed by atoms with E-state index in [1.807, 2.05) is 13.0 Å². The zero-order valence-electron chi connectivity index (χ0n) is 10.9. The average Bonchev–Trinajstić information content (AvgIpc) is 2.89. The van der Waals surface area contributed by atoms with Crippen LogP contribution in [0.1, 0.15) is 17.0 Å². The molecule has 2 aromatic rings. The van der Waals surface area contributed by atoms with Crippen LogP contribution in [0.25, 0.3) is 0 Å². The van der Waals surface area contributed by atoms with Crippen molar-refractivity contribution in [3.05, 3.63) is 40.0 Å². The van der Waals surface area contributed by atoms with Crippen LogP contribution in [0.3, 0.4) is 0 Å². The summed E-state index contributed by atoms with van der Waals surface area (Å²) in [5, 5.41) is 6.05. The number of H-pyrrole nitrogens is 1. The highest BCUT2D eigenvalue weighted by molar-refractivity contribution is 9.10. The van der Waals surface area contributed by atoms with Gasteiger partial charge in [0.15, 0.2) is 0 Å². The monoisotopic (exact) mass is 335 g/mol. The van der Waals surface area contributed by atoms with E-state index in [1.165, 1.54) is 0 Å². The Morgan fingerprint density at radius 3 is 3.15 bits per heavy atom. The van der Waals surface area contributed by atoms with Crippen LogP contribution in [0, 0.1) is 6.92 Å². The Balaban J connectivity index is 1.71. The van der Waals surface area contributed by atoms with Gasteiger partial charge in [0.25, 0.3) is 0 Å². The van der Waals surface area contributed by atoms with Crippen LogP contribution < -0.4 is 10.6 Å². The summed E-state index contributed by atoms with van der Waals surface area (Å²) >= 11 is 3.35. The fraction of sp³-hybridized carbons (Fsp3) is 0.308. The standard InChI is InChI=1S/C13H14BrN5O/c1-7-2-8(14)4-16-12(7)19-13(20)10-3-9-11(5-15-10)18-6-17-9/h2,4,6,10,15H,3,5H2,1H3,(H,17,18)(H,16,19,20). The van der Waals surface area contributed by atoms with Crippen molar-refractivity contribution in [3.8, 4) is 0 Å². The van der Waals surface area contributed by atoms with E-state index in [0.29, 0.717) is 18.8 Å². The van der Waals surface area contributed by atoms with Crippen molar-refractivity contribution in [2.24, 2.45) is 0 Å². The Kier molecular flexibility index (Phi) is 3.54. The summed E-state index contributed by atoms with van der Waals surface area (Å²) in [6.45, 7) is 2.54. The number of hydrogen-bond acceptors (Lipinski definition) is 4. The number of nitrogens with zero attached hydrogens (tertiary/aromatic N) is 2. The van der Waals surface area contributed by atoms with E-state index >= 15 is 0 Å². The van der Waals surface area contributed by atoms with Crippen LogP contribution in [0.2, 0.25) is 0 Å². The number of hydrogen-bond donors (Lipinski definition) is 3. The summed E-state index contributed by atoms with van der Waals surface area (Å²) < 4.78 is 0.893. The van der Waals surface area contributed by atoms with Crippen LogP contribution in [-0.4, -0.2) is 26.9 Å². The summed E-state index contributed by atoms with van der Waals surface area (Å²) in [6.07, 6.45) is 3.91. The molecule has 0 saturated heterocycles. The van der Waals surface area contributed by atoms with E-state index in [9.17, 15) is 4.79 Å². The molecule has 1 aliphatic heterocycles. The van der Waals surface area contributed by atoms with Gasteiger partial charge in [0.05, 0.1) is 23.8 Å². The predicted octanol–water partition coefficient (Wildman–Crippen LogP) is 1.53. The van der Waals surface area contributed by atoms with Gasteiger partial charge in [-0.1, -0.05) is 0 Å². The van der Waals surface area contributed by atoms with E-state index in [0.717, 1.165) is 21.4 Å². The Bertz CT molecular complexity index is 654. The highest BCUT2D eigenvalue weighted by Gasteiger charge is 2.26. The zero-order chi connectivity index (χ0) is 14.1. The maximum Gasteiger partial charge on any atom is 0.243 e. The minimum absolute atomic E-state index is 0.0865. The van der Waals surface area contributed by atoms with Crippen LogP contribution >= 0.6 is 15.9 Å². The first kappa shape index (κ1) is 13.3. The fourth-order valence-electron chi connectivity index (χ4n) is 2.23. The lowest BCUT2D eigenvalue weighted by atomic mass is 10.0. The number of anilines is 1. The fourth-order valence-corrected chi connectivity index (χ4v) is 2.68. The van der Waals surface area contributed by atoms with Gasteiger partial charge in [-0.2, -0.15) is 0 Å². The van der Waals surface area contributed by atoms with Crippen molar-refractivity contribution >= 4 is 27.7 Å². The smallest absolute Gasteiger partial charge is 0.243 e. The first-order valence-corrected chi connectivity index (χ1v) is 7.10. The number of pyridine rings is 1. The van der Waals surface area contributed by atoms with Crippen LogP contribution in [0.5, 0.6) is 0 Å². The molecule has 0 aromatic carbocycles. The van der Waals surface area contributed by atoms with Crippen molar-refractivity contribution in [2.45, 2.75) is 25.9 Å². The normalized spacial score (nSPS) is 17.6. The van der Waals surface area contributed by atoms with E-state index in [2.05, 4.69) is 41.5 Å². The van der Waals surface area contributed by atoms with Crippen molar-refractivity contribution in [3.63, 3.8) is 0 Å². The molecule has 3 rings (SSSR count). The highest BCUT2D eigenvalue weighted by atomic mass is 79.9. The Morgan fingerprint density at radius 1 is 1.50 bits per heavy atom. The van der Waals surface area contributed by atoms with E-state index in [4.69, 9.17) is 0 Å². The molecule has 0 radical (unpaired) electrons. The third kappa shape index (κ3) is 2.59. The molecule has 1 atom stereocenters. The Morgan fingerprint density at radius 2 is 2.35 bits per heavy atom. The van der Waals surface area contributed by atoms with Crippen LogP contribution in [0.4, 0.5) is 5.82 Å². The zero-order valence-corrected chi connectivity index (χ0v) is 12.5. The number of aryl methyl sites for hydroxylation is 1. The summed E-state index contributed by atoms with van der Waals surface area (Å²) in [5.41, 5.74) is 2.92. The predicted molar refractivity (Wildman–Crippen MR) is 78.2 cm³/mol. The molecule has 104 valence electrons. The molecule has 0 saturated carbocycles. The lowest BCUT2D eigenvalue weighted by molar-refractivity contribution is -0.118. The Labute approximate surface area is 124 Å². The topological polar surface area (TPSA) is 82.7 Å². The molecule has 7 heteroatoms. The lowest BCUT2D eigenvalue weighted by Crippen LogP contribution is -2.45. The number of rotatable bonds is 2. The second-order valence-electron chi connectivity index (χ2n) is 4.77. The molecular formula is C13H14BrN5O. The quantitative estimate of drug-likeness (QED) is 0.777. The van der Waals surface area contributed by atoms with Gasteiger partial charge in [0, 0.05) is 23.6 Å². The number of halogens is 1. The van der Waals surface area contributed by atoms with Gasteiger partial charge >= 0.3 is 0 Å². The van der Waals surface area contributed by atoms with Gasteiger partial charge in [-0.25, -0.2) is 9.97 Å². The molecule has 1 amide bonds. The number of aromatic nitrogens is 3. The SMILES string of the molecule is Cc1cc(Br)cnc1NC(=O)C1Cc2nc[nH]c2CN1. The van der Waals surface area contributed by atoms with Crippen LogP contribution in [0.15, 0.2) is 23.1 Å². The molecule has 0 bridgehead atoms. The molecule has 20 heavy (non-hydrogen) atoms. The van der Waals surface area contributed by atoms with Gasteiger partial charge in [0.2, 0.25) is 5.91 Å². The number of fused-ring (bicyclic) bond motifs is 1. The lowest BCUT2D eigenvalue weighted by Gasteiger charge is -2.22. The van der Waals surface area contributed by atoms with Crippen molar-refractivity contribution in [1.29, 1.82) is 0 Å². The average molecular weight is 336 g/mol. The second kappa shape index (κ2) is 5.34. The molecule has 0 fully saturated rings. The number of imidazole rings is 1. The number of nitrogens with one attached hydrogen (secondary N) is 3. The largest absolute Gasteiger partial charge is 0.347 e. The summed E-state index contributed by atoms with van der Waals surface area (Å²) in [5.74, 6) is 0.504. The van der Waals surface area contributed by atoms with Crippen LogP contribution in [-0.2, 0) is 17.8 Å². The van der Waals surface area contributed by atoms with E-state index in [-0.39, 0.29) is 11.9 Å². The van der Waals surface area contributed by atoms with Crippen molar-refractivity contribution < 1.29 is 4.79 Å². The minimum atomic E-state index is -0.282. The summed E-state index contributed by atoms with van der Waals surface area (Å²) in [6, 6.07) is 1.64. The summed E-state index contributed by atoms with van der Waals surface area (Å²) in [7, 11) is 0. The number of amides is 1. The van der Waals surface area contributed by atoms with Gasteiger partial charge in [0.1, 0.15) is 5.82 Å². The summed E-state index contributed by atoms with van der Waals surface area (Å²) in [4.78, 5) is 23.8. The molecular weight excluding hydrogens is 322 g/mol.